The minimum Gasteiger partial charge on any atom is -0.299 e. The van der Waals surface area contributed by atoms with Crippen molar-refractivity contribution in [3.63, 3.8) is 0 Å². The summed E-state index contributed by atoms with van der Waals surface area (Å²) in [6.45, 7) is 19.6. The van der Waals surface area contributed by atoms with Crippen molar-refractivity contribution in [2.75, 3.05) is 0 Å². The van der Waals surface area contributed by atoms with Crippen molar-refractivity contribution in [1.82, 2.24) is 0 Å². The second kappa shape index (κ2) is 5.09. The van der Waals surface area contributed by atoms with E-state index < -0.39 is 8.07 Å². The van der Waals surface area contributed by atoms with Crippen LogP contribution in [0.25, 0.3) is 0 Å². The first-order valence-corrected chi connectivity index (χ1v) is 9.64. The van der Waals surface area contributed by atoms with Gasteiger partial charge in [0.25, 0.3) is 0 Å². The largest absolute Gasteiger partial charge is 0.299 e. The molecular formula is C15H30OSi. The van der Waals surface area contributed by atoms with Gasteiger partial charge in [-0.25, -0.2) is 0 Å². The summed E-state index contributed by atoms with van der Waals surface area (Å²) in [6, 6.07) is 0. The minimum atomic E-state index is -1.44. The predicted octanol–water partition coefficient (Wildman–Crippen LogP) is 4.84. The Hall–Kier alpha value is -0.373. The van der Waals surface area contributed by atoms with Crippen molar-refractivity contribution < 1.29 is 4.79 Å². The van der Waals surface area contributed by atoms with E-state index in [2.05, 4.69) is 66.4 Å². The highest BCUT2D eigenvalue weighted by atomic mass is 28.3. The fraction of sp³-hybridized carbons (Fsp3) is 0.800. The van der Waals surface area contributed by atoms with Crippen LogP contribution in [0.15, 0.2) is 11.8 Å². The molecule has 1 atom stereocenters. The number of ketones is 1. The van der Waals surface area contributed by atoms with E-state index >= 15 is 0 Å². The number of rotatable bonds is 4. The maximum atomic E-state index is 11.8. The van der Waals surface area contributed by atoms with Crippen LogP contribution in [0.4, 0.5) is 0 Å². The molecule has 2 heteroatoms. The molecule has 0 fully saturated rings. The summed E-state index contributed by atoms with van der Waals surface area (Å²) in [7, 11) is -1.44. The van der Waals surface area contributed by atoms with E-state index in [0.29, 0.717) is 11.0 Å². The molecule has 0 spiro atoms. The van der Waals surface area contributed by atoms with E-state index in [1.807, 2.05) is 0 Å². The molecule has 0 aliphatic carbocycles. The SMILES string of the molecule is CC(=O)C(C)(/C=C/[Si](C)(C)C(C)(C)C)C(C)C. The second-order valence-electron chi connectivity index (χ2n) is 7.30. The minimum absolute atomic E-state index is 0.266. The van der Waals surface area contributed by atoms with Crippen LogP contribution in [0.2, 0.25) is 18.1 Å². The van der Waals surface area contributed by atoms with E-state index in [0.717, 1.165) is 0 Å². The zero-order chi connectivity index (χ0) is 14.1. The Morgan fingerprint density at radius 1 is 1.12 bits per heavy atom. The normalized spacial score (nSPS) is 17.5. The smallest absolute Gasteiger partial charge is 0.139 e. The molecule has 0 rings (SSSR count). The van der Waals surface area contributed by atoms with Crippen LogP contribution in [0, 0.1) is 11.3 Å². The third-order valence-corrected chi connectivity index (χ3v) is 9.60. The molecule has 0 aliphatic rings. The highest BCUT2D eigenvalue weighted by Gasteiger charge is 2.35. The van der Waals surface area contributed by atoms with Gasteiger partial charge in [0.1, 0.15) is 5.78 Å². The summed E-state index contributed by atoms with van der Waals surface area (Å²) in [6.07, 6.45) is 2.18. The molecule has 1 unspecified atom stereocenters. The first kappa shape index (κ1) is 16.6. The molecular weight excluding hydrogens is 224 g/mol. The van der Waals surface area contributed by atoms with Crippen LogP contribution in [-0.2, 0) is 4.79 Å². The van der Waals surface area contributed by atoms with Crippen LogP contribution in [-0.4, -0.2) is 13.9 Å². The van der Waals surface area contributed by atoms with Gasteiger partial charge in [0.15, 0.2) is 0 Å². The van der Waals surface area contributed by atoms with Crippen molar-refractivity contribution in [3.8, 4) is 0 Å². The molecule has 0 saturated heterocycles. The summed E-state index contributed by atoms with van der Waals surface area (Å²) in [5, 5.41) is 0.332. The third kappa shape index (κ3) is 3.80. The maximum absolute atomic E-state index is 11.8. The lowest BCUT2D eigenvalue weighted by Gasteiger charge is -2.36. The van der Waals surface area contributed by atoms with Crippen LogP contribution in [0.5, 0.6) is 0 Å². The van der Waals surface area contributed by atoms with Crippen molar-refractivity contribution >= 4 is 13.9 Å². The van der Waals surface area contributed by atoms with Gasteiger partial charge < -0.3 is 0 Å². The van der Waals surface area contributed by atoms with Gasteiger partial charge in [-0.05, 0) is 24.8 Å². The van der Waals surface area contributed by atoms with E-state index in [9.17, 15) is 4.79 Å². The zero-order valence-corrected chi connectivity index (χ0v) is 14.1. The van der Waals surface area contributed by atoms with Crippen LogP contribution >= 0.6 is 0 Å². The molecule has 0 saturated carbocycles. The molecule has 0 aliphatic heterocycles. The Balaban J connectivity index is 5.24. The average molecular weight is 254 g/mol. The summed E-state index contributed by atoms with van der Waals surface area (Å²) in [4.78, 5) is 11.8. The Labute approximate surface area is 109 Å². The van der Waals surface area contributed by atoms with Crippen LogP contribution in [0.3, 0.4) is 0 Å². The quantitative estimate of drug-likeness (QED) is 0.656. The third-order valence-electron chi connectivity index (χ3n) is 4.74. The highest BCUT2D eigenvalue weighted by molar-refractivity contribution is 6.84. The summed E-state index contributed by atoms with van der Waals surface area (Å²) >= 11 is 0. The molecule has 0 aromatic heterocycles. The number of hydrogen-bond acceptors (Lipinski definition) is 1. The molecule has 17 heavy (non-hydrogen) atoms. The van der Waals surface area contributed by atoms with Crippen molar-refractivity contribution in [3.05, 3.63) is 11.8 Å². The summed E-state index contributed by atoms with van der Waals surface area (Å²) in [5.74, 6) is 0.614. The van der Waals surface area contributed by atoms with Gasteiger partial charge in [0.2, 0.25) is 0 Å². The van der Waals surface area contributed by atoms with Crippen LogP contribution in [0.1, 0.15) is 48.5 Å². The van der Waals surface area contributed by atoms with E-state index in [-0.39, 0.29) is 11.2 Å². The summed E-state index contributed by atoms with van der Waals surface area (Å²) < 4.78 is 0. The second-order valence-corrected chi connectivity index (χ2v) is 12.6. The number of Topliss-reactive ketones (excluding diaryl/α,β-unsaturated/α-hetero) is 1. The highest BCUT2D eigenvalue weighted by Crippen LogP contribution is 2.38. The van der Waals surface area contributed by atoms with Crippen molar-refractivity contribution in [2.45, 2.75) is 66.6 Å². The predicted molar refractivity (Wildman–Crippen MR) is 80.0 cm³/mol. The molecule has 100 valence electrons. The molecule has 0 radical (unpaired) electrons. The first-order valence-electron chi connectivity index (χ1n) is 6.56. The molecule has 0 amide bonds. The zero-order valence-electron chi connectivity index (χ0n) is 13.1. The van der Waals surface area contributed by atoms with Gasteiger partial charge in [-0.1, -0.05) is 59.5 Å². The molecule has 1 nitrogen and oxygen atoms in total. The first-order chi connectivity index (χ1) is 7.34. The Kier molecular flexibility index (Phi) is 4.98. The van der Waals surface area contributed by atoms with Gasteiger partial charge in [0, 0.05) is 5.41 Å². The molecule has 0 bridgehead atoms. The Morgan fingerprint density at radius 3 is 1.76 bits per heavy atom. The summed E-state index contributed by atoms with van der Waals surface area (Å²) in [5.41, 5.74) is 2.05. The van der Waals surface area contributed by atoms with E-state index in [1.54, 1.807) is 6.92 Å². The van der Waals surface area contributed by atoms with E-state index in [4.69, 9.17) is 0 Å². The number of carbonyl (C=O) groups is 1. The van der Waals surface area contributed by atoms with Gasteiger partial charge in [-0.3, -0.25) is 4.79 Å². The fourth-order valence-corrected chi connectivity index (χ4v) is 2.61. The molecule has 0 N–H and O–H groups in total. The van der Waals surface area contributed by atoms with Crippen molar-refractivity contribution in [2.24, 2.45) is 11.3 Å². The lowest BCUT2D eigenvalue weighted by atomic mass is 9.76. The van der Waals surface area contributed by atoms with Gasteiger partial charge in [0.05, 0.1) is 8.07 Å². The average Bonchev–Trinajstić information content (AvgIpc) is 2.11. The van der Waals surface area contributed by atoms with Crippen LogP contribution < -0.4 is 0 Å². The number of hydrogen-bond donors (Lipinski definition) is 0. The van der Waals surface area contributed by atoms with Gasteiger partial charge in [-0.2, -0.15) is 0 Å². The Bertz CT molecular complexity index is 307. The van der Waals surface area contributed by atoms with Crippen molar-refractivity contribution in [1.29, 1.82) is 0 Å². The lowest BCUT2D eigenvalue weighted by Crippen LogP contribution is -2.37. The van der Waals surface area contributed by atoms with Gasteiger partial charge >= 0.3 is 0 Å². The standard InChI is InChI=1S/C15H30OSi/c1-12(2)15(7,13(3)16)10-11-17(8,9)14(4,5)6/h10-12H,1-9H3/b11-10+. The molecule has 0 aromatic rings. The number of carbonyl (C=O) groups excluding carboxylic acids is 1. The topological polar surface area (TPSA) is 17.1 Å². The maximum Gasteiger partial charge on any atom is 0.139 e. The number of allylic oxidation sites excluding steroid dienone is 1. The van der Waals surface area contributed by atoms with E-state index in [1.165, 1.54) is 0 Å². The molecule has 0 heterocycles. The van der Waals surface area contributed by atoms with Gasteiger partial charge in [-0.15, -0.1) is 0 Å². The monoisotopic (exact) mass is 254 g/mol. The molecule has 0 aromatic carbocycles. The fourth-order valence-electron chi connectivity index (χ4n) is 1.35. The lowest BCUT2D eigenvalue weighted by molar-refractivity contribution is -0.125. The Morgan fingerprint density at radius 2 is 1.53 bits per heavy atom.